The first kappa shape index (κ1) is 28.6. The Balaban J connectivity index is 1.80. The minimum absolute atomic E-state index is 0.0311. The molecule has 0 radical (unpaired) electrons. The van der Waals surface area contributed by atoms with Crippen molar-refractivity contribution in [2.75, 3.05) is 5.32 Å². The number of hydrogen-bond acceptors (Lipinski definition) is 9. The van der Waals surface area contributed by atoms with E-state index in [0.29, 0.717) is 16.8 Å². The van der Waals surface area contributed by atoms with Crippen LogP contribution in [-0.2, 0) is 35.4 Å². The van der Waals surface area contributed by atoms with Crippen molar-refractivity contribution in [2.24, 2.45) is 0 Å². The summed E-state index contributed by atoms with van der Waals surface area (Å²) in [5.74, 6) is -3.31. The van der Waals surface area contributed by atoms with E-state index in [1.807, 2.05) is 0 Å². The molecule has 1 atom stereocenters. The summed E-state index contributed by atoms with van der Waals surface area (Å²) in [4.78, 5) is 52.0. The maximum absolute atomic E-state index is 12.6. The predicted molar refractivity (Wildman–Crippen MR) is 130 cm³/mol. The first-order valence-corrected chi connectivity index (χ1v) is 12.9. The molecule has 3 N–H and O–H groups in total. The molecule has 0 bridgehead atoms. The Bertz CT molecular complexity index is 1180. The molecule has 1 unspecified atom stereocenters. The van der Waals surface area contributed by atoms with Crippen molar-refractivity contribution in [2.45, 2.75) is 63.4 Å². The summed E-state index contributed by atoms with van der Waals surface area (Å²) in [6, 6.07) is 9.09. The summed E-state index contributed by atoms with van der Waals surface area (Å²) in [6.07, 6.45) is 0.715. The fourth-order valence-corrected chi connectivity index (χ4v) is 5.37. The van der Waals surface area contributed by atoms with Crippen molar-refractivity contribution < 1.29 is 42.6 Å². The second kappa shape index (κ2) is 12.3. The minimum Gasteiger partial charge on any atom is -0.492 e. The van der Waals surface area contributed by atoms with Gasteiger partial charge < -0.3 is 20.4 Å². The number of Topliss-reactive ketones (excluding diaryl/α,β-unsaturated/α-hetero) is 2. The number of anilines is 1. The van der Waals surface area contributed by atoms with E-state index >= 15 is 0 Å². The molecule has 2 rings (SSSR count). The van der Waals surface area contributed by atoms with Gasteiger partial charge in [-0.2, -0.15) is 0 Å². The summed E-state index contributed by atoms with van der Waals surface area (Å²) in [7, 11) is -3.94. The van der Waals surface area contributed by atoms with Crippen molar-refractivity contribution in [3.63, 3.8) is 0 Å². The molecule has 12 heteroatoms. The molecule has 1 amide bonds. The first-order chi connectivity index (χ1) is 16.8. The van der Waals surface area contributed by atoms with E-state index < -0.39 is 49.6 Å². The summed E-state index contributed by atoms with van der Waals surface area (Å²) < 4.78 is 25.8. The number of ketones is 2. The normalized spacial score (nSPS) is 12.2. The van der Waals surface area contributed by atoms with Gasteiger partial charge in [0, 0.05) is 30.7 Å². The van der Waals surface area contributed by atoms with E-state index in [2.05, 4.69) is 5.32 Å². The predicted octanol–water partition coefficient (Wildman–Crippen LogP) is 1.95. The topological polar surface area (TPSA) is 169 Å². The van der Waals surface area contributed by atoms with Crippen LogP contribution in [0.4, 0.5) is 5.69 Å². The van der Waals surface area contributed by atoms with Gasteiger partial charge in [0.05, 0.1) is 5.25 Å². The van der Waals surface area contributed by atoms with Crippen LogP contribution in [0.5, 0.6) is 11.8 Å². The van der Waals surface area contributed by atoms with E-state index in [0.717, 1.165) is 31.5 Å². The number of amides is 1. The van der Waals surface area contributed by atoms with E-state index in [9.17, 15) is 37.8 Å². The monoisotopic (exact) mass is 522 g/mol. The Kier molecular flexibility index (Phi) is 9.79. The summed E-state index contributed by atoms with van der Waals surface area (Å²) in [5, 5.41) is 19.1. The number of carbonyl (C=O) groups excluding carboxylic acids is 4. The summed E-state index contributed by atoms with van der Waals surface area (Å²) in [5.41, 5.74) is 1.33. The molecule has 0 aliphatic carbocycles. The molecule has 0 aliphatic rings. The zero-order valence-corrected chi connectivity index (χ0v) is 21.1. The van der Waals surface area contributed by atoms with Gasteiger partial charge in [0.2, 0.25) is 17.7 Å². The minimum atomic E-state index is -3.94. The lowest BCUT2D eigenvalue weighted by atomic mass is 10.1. The molecule has 196 valence electrons. The van der Waals surface area contributed by atoms with Crippen LogP contribution >= 0.6 is 0 Å². The number of nitrogens with zero attached hydrogens (tertiary/aromatic N) is 1. The van der Waals surface area contributed by atoms with E-state index in [4.69, 9.17) is 4.84 Å². The Morgan fingerprint density at radius 3 is 2.03 bits per heavy atom. The van der Waals surface area contributed by atoms with Crippen LogP contribution in [0.15, 0.2) is 36.4 Å². The summed E-state index contributed by atoms with van der Waals surface area (Å²) in [6.45, 7) is 3.66. The Morgan fingerprint density at radius 2 is 1.50 bits per heavy atom. The van der Waals surface area contributed by atoms with Crippen LogP contribution in [0.1, 0.15) is 52.0 Å². The molecular weight excluding hydrogens is 492 g/mol. The van der Waals surface area contributed by atoms with Gasteiger partial charge in [0.1, 0.15) is 0 Å². The highest BCUT2D eigenvalue weighted by atomic mass is 32.2. The van der Waals surface area contributed by atoms with Crippen LogP contribution in [0, 0.1) is 0 Å². The van der Waals surface area contributed by atoms with Crippen LogP contribution in [-0.4, -0.2) is 57.3 Å². The standard InChI is InChI=1S/C24H30N2O9S/c1-15(36(33,34)24(16(2)27)17(3)28)7-8-18-9-11-19(12-10-18)25-20(29)5-4-6-23(32)35-26-21(30)13-14-22(26)31/h9-15,24,30-31H,4-8H2,1-3H3,(H,25,29). The van der Waals surface area contributed by atoms with Crippen molar-refractivity contribution in [1.82, 2.24) is 4.73 Å². The van der Waals surface area contributed by atoms with Crippen molar-refractivity contribution in [1.29, 1.82) is 0 Å². The molecule has 0 spiro atoms. The SMILES string of the molecule is CC(=O)C(C(C)=O)S(=O)(=O)C(C)CCc1ccc(NC(=O)CCCC(=O)On2c(O)ccc2O)cc1. The molecule has 0 saturated heterocycles. The number of aromatic hydroxyl groups is 2. The quantitative estimate of drug-likeness (QED) is 0.333. The number of sulfone groups is 1. The number of hydrogen-bond donors (Lipinski definition) is 3. The molecule has 2 aromatic rings. The average molecular weight is 523 g/mol. The van der Waals surface area contributed by atoms with Gasteiger partial charge in [0.15, 0.2) is 26.7 Å². The molecule has 0 saturated carbocycles. The van der Waals surface area contributed by atoms with Crippen molar-refractivity contribution in [3.05, 3.63) is 42.0 Å². The van der Waals surface area contributed by atoms with E-state index in [1.54, 1.807) is 24.3 Å². The number of aromatic nitrogens is 1. The van der Waals surface area contributed by atoms with Crippen molar-refractivity contribution in [3.8, 4) is 11.8 Å². The molecule has 36 heavy (non-hydrogen) atoms. The number of nitrogens with one attached hydrogen (secondary N) is 1. The zero-order valence-electron chi connectivity index (χ0n) is 20.3. The maximum Gasteiger partial charge on any atom is 0.333 e. The van der Waals surface area contributed by atoms with Gasteiger partial charge >= 0.3 is 5.97 Å². The van der Waals surface area contributed by atoms with Gasteiger partial charge in [-0.15, -0.1) is 4.73 Å². The fraction of sp³-hybridized carbons (Fsp3) is 0.417. The van der Waals surface area contributed by atoms with Gasteiger partial charge in [-0.25, -0.2) is 13.2 Å². The second-order valence-corrected chi connectivity index (χ2v) is 10.9. The lowest BCUT2D eigenvalue weighted by Gasteiger charge is -2.18. The van der Waals surface area contributed by atoms with E-state index in [1.165, 1.54) is 6.92 Å². The fourth-order valence-electron chi connectivity index (χ4n) is 3.53. The first-order valence-electron chi connectivity index (χ1n) is 11.3. The van der Waals surface area contributed by atoms with Crippen LogP contribution in [0.2, 0.25) is 0 Å². The number of rotatable bonds is 13. The third kappa shape index (κ3) is 7.67. The smallest absolute Gasteiger partial charge is 0.333 e. The molecule has 1 aromatic heterocycles. The van der Waals surface area contributed by atoms with Gasteiger partial charge in [-0.1, -0.05) is 12.1 Å². The molecule has 11 nitrogen and oxygen atoms in total. The highest BCUT2D eigenvalue weighted by Crippen LogP contribution is 2.20. The number of aryl methyl sites for hydroxylation is 1. The maximum atomic E-state index is 12.6. The Hall–Kier alpha value is -3.67. The lowest BCUT2D eigenvalue weighted by molar-refractivity contribution is -0.145. The third-order valence-corrected chi connectivity index (χ3v) is 8.16. The highest BCUT2D eigenvalue weighted by Gasteiger charge is 2.37. The number of benzene rings is 1. The van der Waals surface area contributed by atoms with Crippen LogP contribution in [0.25, 0.3) is 0 Å². The van der Waals surface area contributed by atoms with Gasteiger partial charge in [0.25, 0.3) is 0 Å². The second-order valence-electron chi connectivity index (χ2n) is 8.45. The molecular formula is C24H30N2O9S. The van der Waals surface area contributed by atoms with Crippen molar-refractivity contribution >= 4 is 39.0 Å². The third-order valence-electron chi connectivity index (χ3n) is 5.48. The average Bonchev–Trinajstić information content (AvgIpc) is 3.09. The Morgan fingerprint density at radius 1 is 0.944 bits per heavy atom. The number of carbonyl (C=O) groups is 4. The van der Waals surface area contributed by atoms with Crippen LogP contribution < -0.4 is 10.2 Å². The molecule has 1 heterocycles. The molecule has 0 fully saturated rings. The molecule has 1 aromatic carbocycles. The highest BCUT2D eigenvalue weighted by molar-refractivity contribution is 7.94. The van der Waals surface area contributed by atoms with Crippen LogP contribution in [0.3, 0.4) is 0 Å². The van der Waals surface area contributed by atoms with Gasteiger partial charge in [-0.05, 0) is 57.7 Å². The molecule has 0 aliphatic heterocycles. The zero-order chi connectivity index (χ0) is 27.0. The summed E-state index contributed by atoms with van der Waals surface area (Å²) >= 11 is 0. The van der Waals surface area contributed by atoms with Gasteiger partial charge in [-0.3, -0.25) is 14.4 Å². The lowest BCUT2D eigenvalue weighted by Crippen LogP contribution is -2.40. The largest absolute Gasteiger partial charge is 0.492 e. The van der Waals surface area contributed by atoms with E-state index in [-0.39, 0.29) is 31.6 Å². The Labute approximate surface area is 208 Å².